The molecule has 1 aliphatic heterocycles. The average molecular weight is 265 g/mol. The Hall–Kier alpha value is -1.49. The van der Waals surface area contributed by atoms with Crippen molar-refractivity contribution >= 4 is 11.5 Å². The van der Waals surface area contributed by atoms with Crippen LogP contribution in [0.15, 0.2) is 12.1 Å². The van der Waals surface area contributed by atoms with Gasteiger partial charge >= 0.3 is 0 Å². The Morgan fingerprint density at radius 2 is 2.37 bits per heavy atom. The van der Waals surface area contributed by atoms with Gasteiger partial charge in [-0.1, -0.05) is 6.92 Å². The number of rotatable bonds is 4. The molecule has 0 aromatic carbocycles. The third-order valence-corrected chi connectivity index (χ3v) is 3.09. The SMILES string of the molecule is CCCOc1nc(N2CCCOC(C)C2)ccc1N. The van der Waals surface area contributed by atoms with E-state index < -0.39 is 0 Å². The number of nitrogens with two attached hydrogens (primary N) is 1. The molecule has 0 aliphatic carbocycles. The number of nitrogen functional groups attached to an aromatic ring is 1. The summed E-state index contributed by atoms with van der Waals surface area (Å²) in [6, 6.07) is 3.82. The Balaban J connectivity index is 2.14. The van der Waals surface area contributed by atoms with Crippen LogP contribution >= 0.6 is 0 Å². The van der Waals surface area contributed by atoms with Gasteiger partial charge in [0.1, 0.15) is 5.82 Å². The van der Waals surface area contributed by atoms with Crippen LogP contribution in [-0.2, 0) is 4.74 Å². The van der Waals surface area contributed by atoms with Crippen LogP contribution in [0.25, 0.3) is 0 Å². The van der Waals surface area contributed by atoms with Crippen molar-refractivity contribution in [2.24, 2.45) is 0 Å². The first kappa shape index (κ1) is 13.9. The fourth-order valence-corrected chi connectivity index (χ4v) is 2.13. The van der Waals surface area contributed by atoms with Crippen molar-refractivity contribution in [3.63, 3.8) is 0 Å². The molecule has 2 heterocycles. The topological polar surface area (TPSA) is 60.6 Å². The molecular formula is C14H23N3O2. The van der Waals surface area contributed by atoms with E-state index in [4.69, 9.17) is 15.2 Å². The maximum absolute atomic E-state index is 5.89. The summed E-state index contributed by atoms with van der Waals surface area (Å²) in [5.74, 6) is 1.45. The Morgan fingerprint density at radius 3 is 3.16 bits per heavy atom. The lowest BCUT2D eigenvalue weighted by atomic mass is 10.3. The zero-order valence-corrected chi connectivity index (χ0v) is 11.8. The van der Waals surface area contributed by atoms with Crippen LogP contribution in [0.4, 0.5) is 11.5 Å². The van der Waals surface area contributed by atoms with E-state index in [1.807, 2.05) is 12.1 Å². The highest BCUT2D eigenvalue weighted by molar-refractivity contribution is 5.54. The highest BCUT2D eigenvalue weighted by Gasteiger charge is 2.17. The molecule has 1 unspecified atom stereocenters. The maximum Gasteiger partial charge on any atom is 0.239 e. The molecule has 1 aliphatic rings. The number of ether oxygens (including phenoxy) is 2. The molecule has 1 saturated heterocycles. The molecule has 2 rings (SSSR count). The Morgan fingerprint density at radius 1 is 1.53 bits per heavy atom. The lowest BCUT2D eigenvalue weighted by Crippen LogP contribution is -2.30. The third-order valence-electron chi connectivity index (χ3n) is 3.09. The molecule has 1 aromatic rings. The minimum atomic E-state index is 0.224. The van der Waals surface area contributed by atoms with Crippen LogP contribution in [0, 0.1) is 0 Å². The quantitative estimate of drug-likeness (QED) is 0.903. The largest absolute Gasteiger partial charge is 0.476 e. The number of pyridine rings is 1. The summed E-state index contributed by atoms with van der Waals surface area (Å²) in [6.07, 6.45) is 2.18. The summed E-state index contributed by atoms with van der Waals surface area (Å²) in [7, 11) is 0. The minimum absolute atomic E-state index is 0.224. The molecule has 1 atom stereocenters. The Labute approximate surface area is 114 Å². The van der Waals surface area contributed by atoms with Gasteiger partial charge in [-0.25, -0.2) is 0 Å². The van der Waals surface area contributed by atoms with Crippen molar-refractivity contribution in [1.29, 1.82) is 0 Å². The van der Waals surface area contributed by atoms with E-state index in [0.717, 1.165) is 38.4 Å². The fraction of sp³-hybridized carbons (Fsp3) is 0.643. The van der Waals surface area contributed by atoms with Crippen LogP contribution in [0.5, 0.6) is 5.88 Å². The predicted molar refractivity (Wildman–Crippen MR) is 76.7 cm³/mol. The summed E-state index contributed by atoms with van der Waals surface area (Å²) in [5.41, 5.74) is 6.48. The molecule has 106 valence electrons. The molecule has 0 bridgehead atoms. The van der Waals surface area contributed by atoms with Crippen LogP contribution in [0.3, 0.4) is 0 Å². The standard InChI is InChI=1S/C14H23N3O2/c1-3-8-19-14-12(15)5-6-13(16-14)17-7-4-9-18-11(2)10-17/h5-6,11H,3-4,7-10,15H2,1-2H3. The summed E-state index contributed by atoms with van der Waals surface area (Å²) >= 11 is 0. The number of anilines is 2. The molecule has 1 aromatic heterocycles. The number of hydrogen-bond donors (Lipinski definition) is 1. The van der Waals surface area contributed by atoms with E-state index in [1.165, 1.54) is 0 Å². The summed E-state index contributed by atoms with van der Waals surface area (Å²) in [6.45, 7) is 7.41. The van der Waals surface area contributed by atoms with Crippen LogP contribution in [-0.4, -0.2) is 37.4 Å². The Bertz CT molecular complexity index is 412. The van der Waals surface area contributed by atoms with E-state index in [2.05, 4.69) is 23.7 Å². The summed E-state index contributed by atoms with van der Waals surface area (Å²) < 4.78 is 11.2. The average Bonchev–Trinajstić information content (AvgIpc) is 2.62. The minimum Gasteiger partial charge on any atom is -0.476 e. The van der Waals surface area contributed by atoms with Gasteiger partial charge in [-0.05, 0) is 31.9 Å². The summed E-state index contributed by atoms with van der Waals surface area (Å²) in [5, 5.41) is 0. The van der Waals surface area contributed by atoms with E-state index in [-0.39, 0.29) is 6.10 Å². The molecule has 0 spiro atoms. The van der Waals surface area contributed by atoms with Crippen molar-refractivity contribution in [2.75, 3.05) is 36.9 Å². The zero-order valence-electron chi connectivity index (χ0n) is 11.8. The molecule has 1 fully saturated rings. The second-order valence-corrected chi connectivity index (χ2v) is 4.89. The van der Waals surface area contributed by atoms with Crippen molar-refractivity contribution in [3.05, 3.63) is 12.1 Å². The molecule has 0 amide bonds. The predicted octanol–water partition coefficient (Wildman–Crippen LogP) is 2.07. The van der Waals surface area contributed by atoms with E-state index >= 15 is 0 Å². The van der Waals surface area contributed by atoms with Crippen molar-refractivity contribution in [2.45, 2.75) is 32.8 Å². The van der Waals surface area contributed by atoms with Crippen molar-refractivity contribution in [1.82, 2.24) is 4.98 Å². The number of nitrogens with zero attached hydrogens (tertiary/aromatic N) is 2. The van der Waals surface area contributed by atoms with Gasteiger partial charge in [0, 0.05) is 19.7 Å². The number of aromatic nitrogens is 1. The molecule has 2 N–H and O–H groups in total. The van der Waals surface area contributed by atoms with Gasteiger partial charge in [-0.15, -0.1) is 0 Å². The first-order valence-electron chi connectivity index (χ1n) is 6.96. The van der Waals surface area contributed by atoms with Gasteiger partial charge in [0.05, 0.1) is 18.4 Å². The second-order valence-electron chi connectivity index (χ2n) is 4.89. The van der Waals surface area contributed by atoms with Gasteiger partial charge in [0.25, 0.3) is 0 Å². The van der Waals surface area contributed by atoms with Gasteiger partial charge in [0.2, 0.25) is 5.88 Å². The monoisotopic (exact) mass is 265 g/mol. The third kappa shape index (κ3) is 3.73. The molecular weight excluding hydrogens is 242 g/mol. The first-order chi connectivity index (χ1) is 9.20. The molecule has 5 nitrogen and oxygen atoms in total. The van der Waals surface area contributed by atoms with Crippen LogP contribution < -0.4 is 15.4 Å². The highest BCUT2D eigenvalue weighted by Crippen LogP contribution is 2.24. The fourth-order valence-electron chi connectivity index (χ4n) is 2.13. The summed E-state index contributed by atoms with van der Waals surface area (Å²) in [4.78, 5) is 6.76. The molecule has 5 heteroatoms. The van der Waals surface area contributed by atoms with Gasteiger partial charge in [-0.3, -0.25) is 0 Å². The van der Waals surface area contributed by atoms with Gasteiger partial charge in [-0.2, -0.15) is 4.98 Å². The van der Waals surface area contributed by atoms with E-state index in [9.17, 15) is 0 Å². The maximum atomic E-state index is 5.89. The highest BCUT2D eigenvalue weighted by atomic mass is 16.5. The Kier molecular flexibility index (Phi) is 4.85. The zero-order chi connectivity index (χ0) is 13.7. The van der Waals surface area contributed by atoms with Crippen molar-refractivity contribution < 1.29 is 9.47 Å². The van der Waals surface area contributed by atoms with Gasteiger partial charge in [0.15, 0.2) is 0 Å². The number of hydrogen-bond acceptors (Lipinski definition) is 5. The van der Waals surface area contributed by atoms with E-state index in [0.29, 0.717) is 18.2 Å². The second kappa shape index (κ2) is 6.61. The van der Waals surface area contributed by atoms with Crippen LogP contribution in [0.1, 0.15) is 26.7 Å². The van der Waals surface area contributed by atoms with E-state index in [1.54, 1.807) is 0 Å². The van der Waals surface area contributed by atoms with Crippen LogP contribution in [0.2, 0.25) is 0 Å². The molecule has 19 heavy (non-hydrogen) atoms. The van der Waals surface area contributed by atoms with Gasteiger partial charge < -0.3 is 20.1 Å². The normalized spacial score (nSPS) is 20.1. The molecule has 0 saturated carbocycles. The molecule has 0 radical (unpaired) electrons. The lowest BCUT2D eigenvalue weighted by Gasteiger charge is -2.23. The first-order valence-corrected chi connectivity index (χ1v) is 6.96. The lowest BCUT2D eigenvalue weighted by molar-refractivity contribution is 0.0820. The van der Waals surface area contributed by atoms with Crippen molar-refractivity contribution in [3.8, 4) is 5.88 Å². The smallest absolute Gasteiger partial charge is 0.239 e.